The summed E-state index contributed by atoms with van der Waals surface area (Å²) < 4.78 is 16.8. The fourth-order valence-electron chi connectivity index (χ4n) is 3.69. The lowest BCUT2D eigenvalue weighted by molar-refractivity contribution is -0.130. The van der Waals surface area contributed by atoms with Crippen LogP contribution in [0.5, 0.6) is 11.5 Å². The second kappa shape index (κ2) is 8.51. The standard InChI is InChI=1S/C24H22N2O4S/c1-16-4-6-17(7-5-16)19-14-20(21-3-2-10-28-21)26(25-19)24(27)15-31-18-8-9-22-23(13-18)30-12-11-29-22/h2-10,13,20H,11-12,14-15H2,1H3/t20-/m0/s1. The van der Waals surface area contributed by atoms with Gasteiger partial charge in [0.05, 0.1) is 17.7 Å². The predicted molar refractivity (Wildman–Crippen MR) is 119 cm³/mol. The first-order chi connectivity index (χ1) is 15.2. The van der Waals surface area contributed by atoms with Crippen molar-refractivity contribution in [1.29, 1.82) is 0 Å². The molecule has 3 aromatic rings. The summed E-state index contributed by atoms with van der Waals surface area (Å²) in [5.74, 6) is 2.40. The summed E-state index contributed by atoms with van der Waals surface area (Å²) in [7, 11) is 0. The number of benzene rings is 2. The summed E-state index contributed by atoms with van der Waals surface area (Å²) in [6.07, 6.45) is 2.25. The molecule has 7 heteroatoms. The van der Waals surface area contributed by atoms with Gasteiger partial charge in [-0.05, 0) is 42.8 Å². The monoisotopic (exact) mass is 434 g/mol. The molecular formula is C24H22N2O4S. The first kappa shape index (κ1) is 19.8. The van der Waals surface area contributed by atoms with Crippen molar-refractivity contribution in [2.24, 2.45) is 5.10 Å². The lowest BCUT2D eigenvalue weighted by Crippen LogP contribution is -2.28. The van der Waals surface area contributed by atoms with Gasteiger partial charge in [-0.3, -0.25) is 4.79 Å². The van der Waals surface area contributed by atoms with Crippen molar-refractivity contribution in [1.82, 2.24) is 5.01 Å². The van der Waals surface area contributed by atoms with Crippen molar-refractivity contribution >= 4 is 23.4 Å². The molecule has 2 aromatic carbocycles. The topological polar surface area (TPSA) is 64.3 Å². The summed E-state index contributed by atoms with van der Waals surface area (Å²) >= 11 is 1.46. The molecule has 1 amide bonds. The number of hydrogen-bond donors (Lipinski definition) is 0. The van der Waals surface area contributed by atoms with Crippen LogP contribution >= 0.6 is 11.8 Å². The summed E-state index contributed by atoms with van der Waals surface area (Å²) in [5, 5.41) is 6.26. The molecule has 2 aliphatic rings. The zero-order valence-electron chi connectivity index (χ0n) is 17.1. The Morgan fingerprint density at radius 1 is 1.10 bits per heavy atom. The molecule has 158 valence electrons. The van der Waals surface area contributed by atoms with Gasteiger partial charge in [0.1, 0.15) is 25.0 Å². The minimum Gasteiger partial charge on any atom is -0.486 e. The maximum absolute atomic E-state index is 13.1. The Bertz CT molecular complexity index is 1110. The van der Waals surface area contributed by atoms with Crippen LogP contribution < -0.4 is 9.47 Å². The van der Waals surface area contributed by atoms with Crippen LogP contribution in [0, 0.1) is 6.92 Å². The first-order valence-corrected chi connectivity index (χ1v) is 11.2. The number of furan rings is 1. The van der Waals surface area contributed by atoms with Crippen LogP contribution in [-0.2, 0) is 4.79 Å². The Morgan fingerprint density at radius 2 is 1.90 bits per heavy atom. The second-order valence-electron chi connectivity index (χ2n) is 7.48. The smallest absolute Gasteiger partial charge is 0.253 e. The quantitative estimate of drug-likeness (QED) is 0.538. The highest BCUT2D eigenvalue weighted by Gasteiger charge is 2.34. The van der Waals surface area contributed by atoms with E-state index in [2.05, 4.69) is 19.1 Å². The average molecular weight is 435 g/mol. The number of carbonyl (C=O) groups excluding carboxylic acids is 1. The van der Waals surface area contributed by atoms with Crippen molar-refractivity contribution in [2.45, 2.75) is 24.3 Å². The number of amides is 1. The Hall–Kier alpha value is -3.19. The van der Waals surface area contributed by atoms with Crippen molar-refractivity contribution < 1.29 is 18.7 Å². The largest absolute Gasteiger partial charge is 0.486 e. The van der Waals surface area contributed by atoms with Crippen LogP contribution in [0.3, 0.4) is 0 Å². The molecule has 0 saturated heterocycles. The molecule has 6 nitrogen and oxygen atoms in total. The van der Waals surface area contributed by atoms with Gasteiger partial charge in [-0.1, -0.05) is 29.8 Å². The Balaban J connectivity index is 1.34. The van der Waals surface area contributed by atoms with E-state index >= 15 is 0 Å². The molecular weight excluding hydrogens is 412 g/mol. The molecule has 5 rings (SSSR count). The molecule has 0 unspecified atom stereocenters. The van der Waals surface area contributed by atoms with Gasteiger partial charge in [0.2, 0.25) is 0 Å². The van der Waals surface area contributed by atoms with Crippen LogP contribution in [0.1, 0.15) is 29.3 Å². The van der Waals surface area contributed by atoms with Gasteiger partial charge in [-0.25, -0.2) is 5.01 Å². The third-order valence-corrected chi connectivity index (χ3v) is 6.28. The zero-order chi connectivity index (χ0) is 21.2. The number of rotatable bonds is 5. The van der Waals surface area contributed by atoms with Crippen molar-refractivity contribution in [3.05, 3.63) is 77.7 Å². The van der Waals surface area contributed by atoms with E-state index < -0.39 is 0 Å². The number of ether oxygens (including phenoxy) is 2. The number of hydrazone groups is 1. The van der Waals surface area contributed by atoms with E-state index in [-0.39, 0.29) is 17.7 Å². The summed E-state index contributed by atoms with van der Waals surface area (Å²) in [6.45, 7) is 3.15. The number of fused-ring (bicyclic) bond motifs is 1. The molecule has 0 bridgehead atoms. The number of carbonyl (C=O) groups is 1. The van der Waals surface area contributed by atoms with Gasteiger partial charge in [0.25, 0.3) is 5.91 Å². The fraction of sp³-hybridized carbons (Fsp3) is 0.250. The predicted octanol–water partition coefficient (Wildman–Crippen LogP) is 4.83. The highest BCUT2D eigenvalue weighted by Crippen LogP contribution is 2.36. The Labute approximate surface area is 184 Å². The molecule has 31 heavy (non-hydrogen) atoms. The number of thioether (sulfide) groups is 1. The van der Waals surface area contributed by atoms with Gasteiger partial charge in [-0.15, -0.1) is 11.8 Å². The number of aryl methyl sites for hydroxylation is 1. The van der Waals surface area contributed by atoms with Gasteiger partial charge in [0.15, 0.2) is 11.5 Å². The molecule has 3 heterocycles. The molecule has 0 aliphatic carbocycles. The van der Waals surface area contributed by atoms with E-state index in [0.29, 0.717) is 19.6 Å². The van der Waals surface area contributed by atoms with E-state index in [1.165, 1.54) is 17.3 Å². The molecule has 0 N–H and O–H groups in total. The summed E-state index contributed by atoms with van der Waals surface area (Å²) in [4.78, 5) is 14.1. The second-order valence-corrected chi connectivity index (χ2v) is 8.53. The maximum atomic E-state index is 13.1. The van der Waals surface area contributed by atoms with Crippen molar-refractivity contribution in [3.8, 4) is 11.5 Å². The van der Waals surface area contributed by atoms with Crippen LogP contribution in [0.25, 0.3) is 0 Å². The molecule has 1 aromatic heterocycles. The van der Waals surface area contributed by atoms with Gasteiger partial charge in [-0.2, -0.15) is 5.10 Å². The van der Waals surface area contributed by atoms with E-state index in [1.54, 1.807) is 11.3 Å². The first-order valence-electron chi connectivity index (χ1n) is 10.2. The summed E-state index contributed by atoms with van der Waals surface area (Å²) in [6, 6.07) is 17.5. The average Bonchev–Trinajstić information content (AvgIpc) is 3.48. The molecule has 0 fully saturated rings. The van der Waals surface area contributed by atoms with Crippen LogP contribution in [0.4, 0.5) is 0 Å². The third kappa shape index (κ3) is 4.18. The lowest BCUT2D eigenvalue weighted by Gasteiger charge is -2.20. The van der Waals surface area contributed by atoms with Crippen LogP contribution in [0.2, 0.25) is 0 Å². The van der Waals surface area contributed by atoms with Crippen LogP contribution in [0.15, 0.2) is 75.3 Å². The SMILES string of the molecule is Cc1ccc(C2=NN(C(=O)CSc3ccc4c(c3)OCCO4)[C@H](c3ccco3)C2)cc1. The van der Waals surface area contributed by atoms with E-state index in [1.807, 2.05) is 42.5 Å². The fourth-order valence-corrected chi connectivity index (χ4v) is 4.47. The third-order valence-electron chi connectivity index (χ3n) is 5.30. The molecule has 2 aliphatic heterocycles. The lowest BCUT2D eigenvalue weighted by atomic mass is 10.0. The minimum absolute atomic E-state index is 0.0663. The number of hydrogen-bond acceptors (Lipinski definition) is 6. The molecule has 1 atom stereocenters. The molecule has 0 spiro atoms. The molecule has 0 saturated carbocycles. The molecule has 0 radical (unpaired) electrons. The zero-order valence-corrected chi connectivity index (χ0v) is 17.9. The maximum Gasteiger partial charge on any atom is 0.253 e. The van der Waals surface area contributed by atoms with Crippen LogP contribution in [-0.4, -0.2) is 35.6 Å². The van der Waals surface area contributed by atoms with E-state index in [4.69, 9.17) is 19.0 Å². The van der Waals surface area contributed by atoms with Gasteiger partial charge in [0, 0.05) is 11.3 Å². The normalized spacial score (nSPS) is 17.5. The van der Waals surface area contributed by atoms with E-state index in [9.17, 15) is 4.79 Å². The Morgan fingerprint density at radius 3 is 2.68 bits per heavy atom. The van der Waals surface area contributed by atoms with Crippen molar-refractivity contribution in [2.75, 3.05) is 19.0 Å². The van der Waals surface area contributed by atoms with Gasteiger partial charge < -0.3 is 13.9 Å². The highest BCUT2D eigenvalue weighted by atomic mass is 32.2. The minimum atomic E-state index is -0.236. The highest BCUT2D eigenvalue weighted by molar-refractivity contribution is 8.00. The number of nitrogens with zero attached hydrogens (tertiary/aromatic N) is 2. The summed E-state index contributed by atoms with van der Waals surface area (Å²) in [5.41, 5.74) is 3.10. The van der Waals surface area contributed by atoms with Crippen molar-refractivity contribution in [3.63, 3.8) is 0 Å². The van der Waals surface area contributed by atoms with Gasteiger partial charge >= 0.3 is 0 Å². The van der Waals surface area contributed by atoms with E-state index in [0.717, 1.165) is 33.4 Å². The Kier molecular flexibility index (Phi) is 5.42.